The molecule has 0 saturated heterocycles. The van der Waals surface area contributed by atoms with Crippen molar-refractivity contribution in [1.82, 2.24) is 9.78 Å². The van der Waals surface area contributed by atoms with Gasteiger partial charge in [0.2, 0.25) is 5.78 Å². The second kappa shape index (κ2) is 4.38. The van der Waals surface area contributed by atoms with Gasteiger partial charge in [-0.05, 0) is 19.1 Å². The van der Waals surface area contributed by atoms with Gasteiger partial charge in [-0.3, -0.25) is 9.48 Å². The fourth-order valence-electron chi connectivity index (χ4n) is 2.07. The van der Waals surface area contributed by atoms with E-state index in [0.717, 1.165) is 15.6 Å². The topological polar surface area (TPSA) is 34.9 Å². The van der Waals surface area contributed by atoms with Crippen LogP contribution in [0.4, 0.5) is 0 Å². The van der Waals surface area contributed by atoms with E-state index in [-0.39, 0.29) is 5.78 Å². The van der Waals surface area contributed by atoms with E-state index in [0.29, 0.717) is 12.2 Å². The third-order valence-corrected chi connectivity index (χ3v) is 3.94. The lowest BCUT2D eigenvalue weighted by atomic mass is 10.1. The van der Waals surface area contributed by atoms with Crippen molar-refractivity contribution < 1.29 is 4.79 Å². The molecule has 1 aromatic carbocycles. The van der Waals surface area contributed by atoms with Crippen LogP contribution in [0.2, 0.25) is 0 Å². The van der Waals surface area contributed by atoms with Crippen LogP contribution in [0, 0.1) is 0 Å². The Morgan fingerprint density at radius 3 is 3.00 bits per heavy atom. The Morgan fingerprint density at radius 1 is 1.33 bits per heavy atom. The summed E-state index contributed by atoms with van der Waals surface area (Å²) in [6.07, 6.45) is 1.67. The number of aryl methyl sites for hydroxylation is 1. The smallest absolute Gasteiger partial charge is 0.212 e. The van der Waals surface area contributed by atoms with Crippen LogP contribution in [0.3, 0.4) is 0 Å². The molecule has 0 atom stereocenters. The van der Waals surface area contributed by atoms with Gasteiger partial charge in [-0.25, -0.2) is 0 Å². The van der Waals surface area contributed by atoms with E-state index in [1.165, 1.54) is 0 Å². The number of carbonyl (C=O) groups is 1. The van der Waals surface area contributed by atoms with E-state index >= 15 is 0 Å². The Balaban J connectivity index is 2.13. The Labute approximate surface area is 109 Å². The van der Waals surface area contributed by atoms with Crippen LogP contribution >= 0.6 is 11.3 Å². The molecule has 0 aliphatic heterocycles. The van der Waals surface area contributed by atoms with Crippen LogP contribution in [0.15, 0.2) is 41.9 Å². The summed E-state index contributed by atoms with van der Waals surface area (Å²) in [5.41, 5.74) is 1.42. The highest BCUT2D eigenvalue weighted by Gasteiger charge is 2.17. The standard InChI is InChI=1S/C14H12N2OS/c1-2-16-12(7-8-15-16)14(17)11-9-18-13-6-4-3-5-10(11)13/h3-9H,2H2,1H3. The first-order valence-electron chi connectivity index (χ1n) is 5.84. The molecule has 0 saturated carbocycles. The predicted molar refractivity (Wildman–Crippen MR) is 73.2 cm³/mol. The molecule has 2 aromatic heterocycles. The number of hydrogen-bond acceptors (Lipinski definition) is 3. The number of carbonyl (C=O) groups excluding carboxylic acids is 1. The van der Waals surface area contributed by atoms with Gasteiger partial charge >= 0.3 is 0 Å². The molecule has 3 rings (SSSR count). The summed E-state index contributed by atoms with van der Waals surface area (Å²) in [5.74, 6) is 0.0480. The van der Waals surface area contributed by atoms with E-state index in [1.807, 2.05) is 36.6 Å². The second-order valence-electron chi connectivity index (χ2n) is 4.01. The first kappa shape index (κ1) is 11.2. The molecule has 3 nitrogen and oxygen atoms in total. The van der Waals surface area contributed by atoms with Crippen molar-refractivity contribution in [3.8, 4) is 0 Å². The molecular weight excluding hydrogens is 244 g/mol. The third kappa shape index (κ3) is 1.66. The van der Waals surface area contributed by atoms with Crippen molar-refractivity contribution >= 4 is 27.2 Å². The van der Waals surface area contributed by atoms with Gasteiger partial charge in [0.15, 0.2) is 0 Å². The molecule has 0 bridgehead atoms. The van der Waals surface area contributed by atoms with Crippen LogP contribution in [0.5, 0.6) is 0 Å². The number of hydrogen-bond donors (Lipinski definition) is 0. The number of ketones is 1. The zero-order valence-corrected chi connectivity index (χ0v) is 10.8. The Morgan fingerprint density at radius 2 is 2.17 bits per heavy atom. The molecule has 3 aromatic rings. The summed E-state index contributed by atoms with van der Waals surface area (Å²) in [6.45, 7) is 2.69. The zero-order chi connectivity index (χ0) is 12.5. The van der Waals surface area contributed by atoms with Crippen LogP contribution in [0.1, 0.15) is 23.0 Å². The molecule has 0 unspecified atom stereocenters. The molecular formula is C14H12N2OS. The minimum absolute atomic E-state index is 0.0480. The average Bonchev–Trinajstić information content (AvgIpc) is 3.04. The van der Waals surface area contributed by atoms with Crippen LogP contribution in [-0.4, -0.2) is 15.6 Å². The van der Waals surface area contributed by atoms with Gasteiger partial charge in [-0.1, -0.05) is 18.2 Å². The normalized spacial score (nSPS) is 10.9. The quantitative estimate of drug-likeness (QED) is 0.674. The molecule has 0 aliphatic carbocycles. The van der Waals surface area contributed by atoms with Crippen molar-refractivity contribution in [2.75, 3.05) is 0 Å². The SMILES string of the molecule is CCn1nccc1C(=O)c1csc2ccccc12. The summed E-state index contributed by atoms with van der Waals surface area (Å²) >= 11 is 1.60. The third-order valence-electron chi connectivity index (χ3n) is 2.97. The van der Waals surface area contributed by atoms with Crippen molar-refractivity contribution in [2.45, 2.75) is 13.5 Å². The Kier molecular flexibility index (Phi) is 2.72. The Hall–Kier alpha value is -1.94. The molecule has 0 aliphatic rings. The lowest BCUT2D eigenvalue weighted by Crippen LogP contribution is -2.10. The predicted octanol–water partition coefficient (Wildman–Crippen LogP) is 3.35. The summed E-state index contributed by atoms with van der Waals surface area (Å²) in [5, 5.41) is 7.10. The molecule has 0 amide bonds. The van der Waals surface area contributed by atoms with E-state index in [9.17, 15) is 4.79 Å². The lowest BCUT2D eigenvalue weighted by Gasteiger charge is -2.02. The van der Waals surface area contributed by atoms with Gasteiger partial charge in [-0.2, -0.15) is 5.10 Å². The summed E-state index contributed by atoms with van der Waals surface area (Å²) < 4.78 is 2.87. The Bertz CT molecular complexity index is 711. The van der Waals surface area contributed by atoms with E-state index < -0.39 is 0 Å². The maximum atomic E-state index is 12.5. The number of benzene rings is 1. The summed E-state index contributed by atoms with van der Waals surface area (Å²) in [4.78, 5) is 12.5. The zero-order valence-electron chi connectivity index (χ0n) is 9.96. The molecule has 2 heterocycles. The maximum Gasteiger partial charge on any atom is 0.212 e. The largest absolute Gasteiger partial charge is 0.287 e. The van der Waals surface area contributed by atoms with Crippen molar-refractivity contribution in [2.24, 2.45) is 0 Å². The fourth-order valence-corrected chi connectivity index (χ4v) is 3.01. The van der Waals surface area contributed by atoms with Gasteiger partial charge in [0.05, 0.1) is 0 Å². The van der Waals surface area contributed by atoms with E-state index in [2.05, 4.69) is 5.10 Å². The van der Waals surface area contributed by atoms with Gasteiger partial charge in [0.25, 0.3) is 0 Å². The van der Waals surface area contributed by atoms with Crippen LogP contribution in [-0.2, 0) is 6.54 Å². The van der Waals surface area contributed by atoms with E-state index in [4.69, 9.17) is 0 Å². The minimum Gasteiger partial charge on any atom is -0.287 e. The molecule has 0 radical (unpaired) electrons. The lowest BCUT2D eigenvalue weighted by molar-refractivity contribution is 0.103. The number of nitrogens with zero attached hydrogens (tertiary/aromatic N) is 2. The van der Waals surface area contributed by atoms with Crippen molar-refractivity contribution in [1.29, 1.82) is 0 Å². The van der Waals surface area contributed by atoms with Gasteiger partial charge in [0, 0.05) is 33.8 Å². The van der Waals surface area contributed by atoms with Crippen molar-refractivity contribution in [3.05, 3.63) is 53.2 Å². The van der Waals surface area contributed by atoms with Crippen LogP contribution < -0.4 is 0 Å². The maximum absolute atomic E-state index is 12.5. The fraction of sp³-hybridized carbons (Fsp3) is 0.143. The molecule has 0 N–H and O–H groups in total. The van der Waals surface area contributed by atoms with E-state index in [1.54, 1.807) is 28.3 Å². The highest BCUT2D eigenvalue weighted by molar-refractivity contribution is 7.17. The highest BCUT2D eigenvalue weighted by atomic mass is 32.1. The average molecular weight is 256 g/mol. The first-order valence-corrected chi connectivity index (χ1v) is 6.72. The number of fused-ring (bicyclic) bond motifs is 1. The highest BCUT2D eigenvalue weighted by Crippen LogP contribution is 2.27. The van der Waals surface area contributed by atoms with Gasteiger partial charge < -0.3 is 0 Å². The number of aromatic nitrogens is 2. The number of thiophene rings is 1. The van der Waals surface area contributed by atoms with Gasteiger partial charge in [0.1, 0.15) is 5.69 Å². The molecule has 0 spiro atoms. The second-order valence-corrected chi connectivity index (χ2v) is 4.92. The summed E-state index contributed by atoms with van der Waals surface area (Å²) in [7, 11) is 0. The van der Waals surface area contributed by atoms with Crippen LogP contribution in [0.25, 0.3) is 10.1 Å². The first-order chi connectivity index (χ1) is 8.81. The molecule has 90 valence electrons. The monoisotopic (exact) mass is 256 g/mol. The van der Waals surface area contributed by atoms with Gasteiger partial charge in [-0.15, -0.1) is 11.3 Å². The van der Waals surface area contributed by atoms with Crippen molar-refractivity contribution in [3.63, 3.8) is 0 Å². The molecule has 4 heteroatoms. The number of rotatable bonds is 3. The minimum atomic E-state index is 0.0480. The molecule has 0 fully saturated rings. The summed E-state index contributed by atoms with van der Waals surface area (Å²) in [6, 6.07) is 9.75. The molecule has 18 heavy (non-hydrogen) atoms.